The first kappa shape index (κ1) is 22.0. The van der Waals surface area contributed by atoms with Gasteiger partial charge in [-0.25, -0.2) is 14.2 Å². The van der Waals surface area contributed by atoms with Crippen LogP contribution < -0.4 is 10.1 Å². The van der Waals surface area contributed by atoms with Crippen molar-refractivity contribution in [1.29, 1.82) is 0 Å². The molecule has 2 amide bonds. The first-order valence-corrected chi connectivity index (χ1v) is 10.5. The highest BCUT2D eigenvalue weighted by molar-refractivity contribution is 6.00. The number of aromatic nitrogens is 1. The van der Waals surface area contributed by atoms with E-state index < -0.39 is 11.9 Å². The Bertz CT molecular complexity index is 1050. The largest absolute Gasteiger partial charge is 0.496 e. The number of amides is 2. The van der Waals surface area contributed by atoms with Crippen molar-refractivity contribution in [3.05, 3.63) is 47.4 Å². The van der Waals surface area contributed by atoms with Gasteiger partial charge in [0.15, 0.2) is 0 Å². The molecule has 1 fully saturated rings. The Hall–Kier alpha value is -3.20. The van der Waals surface area contributed by atoms with Crippen LogP contribution in [0, 0.1) is 5.82 Å². The molecule has 3 heterocycles. The summed E-state index contributed by atoms with van der Waals surface area (Å²) in [6.45, 7) is 6.88. The molecule has 0 aliphatic carbocycles. The van der Waals surface area contributed by atoms with Gasteiger partial charge in [-0.2, -0.15) is 0 Å². The van der Waals surface area contributed by atoms with Crippen LogP contribution in [-0.4, -0.2) is 58.8 Å². The topological polar surface area (TPSA) is 84.0 Å². The maximum atomic E-state index is 14.7. The summed E-state index contributed by atoms with van der Waals surface area (Å²) in [6, 6.07) is 6.23. The second-order valence-corrected chi connectivity index (χ2v) is 8.97. The fourth-order valence-electron chi connectivity index (χ4n) is 4.07. The molecule has 9 heteroatoms. The Labute approximate surface area is 186 Å². The van der Waals surface area contributed by atoms with Gasteiger partial charge in [0.25, 0.3) is 5.91 Å². The third-order valence-electron chi connectivity index (χ3n) is 5.48. The normalized spacial score (nSPS) is 18.6. The summed E-state index contributed by atoms with van der Waals surface area (Å²) in [5.41, 5.74) is 1.37. The molecule has 0 unspecified atom stereocenters. The maximum Gasteiger partial charge on any atom is 0.407 e. The minimum Gasteiger partial charge on any atom is -0.496 e. The molecular weight excluding hydrogens is 415 g/mol. The Morgan fingerprint density at radius 3 is 2.78 bits per heavy atom. The molecule has 0 saturated carbocycles. The molecule has 32 heavy (non-hydrogen) atoms. The van der Waals surface area contributed by atoms with Gasteiger partial charge >= 0.3 is 6.09 Å². The molecule has 1 saturated heterocycles. The second kappa shape index (κ2) is 8.38. The molecular formula is C23H27FN4O4. The molecule has 1 aromatic heterocycles. The number of fused-ring (bicyclic) bond motifs is 1. The Morgan fingerprint density at radius 2 is 2.06 bits per heavy atom. The molecule has 170 valence electrons. The molecule has 0 spiro atoms. The minimum absolute atomic E-state index is 0.182. The van der Waals surface area contributed by atoms with E-state index in [1.807, 2.05) is 25.8 Å². The van der Waals surface area contributed by atoms with E-state index in [4.69, 9.17) is 9.47 Å². The predicted molar refractivity (Wildman–Crippen MR) is 115 cm³/mol. The molecule has 2 aliphatic rings. The van der Waals surface area contributed by atoms with Crippen molar-refractivity contribution in [2.45, 2.75) is 45.4 Å². The Balaban J connectivity index is 1.53. The smallest absolute Gasteiger partial charge is 0.407 e. The summed E-state index contributed by atoms with van der Waals surface area (Å²) >= 11 is 0. The number of alkyl carbamates (subject to hydrolysis) is 1. The fourth-order valence-corrected chi connectivity index (χ4v) is 4.07. The van der Waals surface area contributed by atoms with E-state index in [0.29, 0.717) is 42.1 Å². The molecule has 1 N–H and O–H groups in total. The number of carbonyl (C=O) groups excluding carboxylic acids is 2. The number of benzene rings is 1. The highest BCUT2D eigenvalue weighted by Gasteiger charge is 2.39. The van der Waals surface area contributed by atoms with E-state index in [-0.39, 0.29) is 29.7 Å². The SMILES string of the molecule is COc1cccc(F)c1-c1nccc2c1CN(N1CC[C@H](OC(=O)NC(C)(C)C)C1)C2=O. The number of nitrogens with one attached hydrogen (secondary N) is 1. The van der Waals surface area contributed by atoms with Gasteiger partial charge in [-0.3, -0.25) is 14.8 Å². The number of carbonyl (C=O) groups is 2. The first-order valence-electron chi connectivity index (χ1n) is 10.5. The third kappa shape index (κ3) is 4.25. The van der Waals surface area contributed by atoms with Crippen LogP contribution in [0.3, 0.4) is 0 Å². The zero-order chi connectivity index (χ0) is 23.0. The van der Waals surface area contributed by atoms with Gasteiger partial charge in [-0.1, -0.05) is 6.07 Å². The van der Waals surface area contributed by atoms with Crippen LogP contribution >= 0.6 is 0 Å². The standard InChI is InChI=1S/C23H27FN4O4/c1-23(2,3)26-22(30)32-14-9-11-27(12-14)28-13-16-15(21(28)29)8-10-25-20(16)19-17(24)6-5-7-18(19)31-4/h5-8,10,14H,9,11-13H2,1-4H3,(H,26,30)/t14-/m0/s1. The quantitative estimate of drug-likeness (QED) is 0.782. The summed E-state index contributed by atoms with van der Waals surface area (Å²) in [6.07, 6.45) is 1.33. The molecule has 2 aromatic rings. The zero-order valence-electron chi connectivity index (χ0n) is 18.6. The molecule has 1 atom stereocenters. The number of ether oxygens (including phenoxy) is 2. The van der Waals surface area contributed by atoms with Gasteiger partial charge in [0.2, 0.25) is 0 Å². The summed E-state index contributed by atoms with van der Waals surface area (Å²) in [5, 5.41) is 6.27. The van der Waals surface area contributed by atoms with Crippen molar-refractivity contribution >= 4 is 12.0 Å². The average molecular weight is 442 g/mol. The van der Waals surface area contributed by atoms with E-state index in [9.17, 15) is 14.0 Å². The number of rotatable bonds is 4. The Morgan fingerprint density at radius 1 is 1.28 bits per heavy atom. The van der Waals surface area contributed by atoms with Crippen LogP contribution in [0.25, 0.3) is 11.3 Å². The van der Waals surface area contributed by atoms with E-state index >= 15 is 0 Å². The molecule has 1 aromatic carbocycles. The lowest BCUT2D eigenvalue weighted by Gasteiger charge is -2.27. The number of hydrogen-bond donors (Lipinski definition) is 1. The van der Waals surface area contributed by atoms with Crippen LogP contribution in [0.4, 0.5) is 9.18 Å². The van der Waals surface area contributed by atoms with Crippen molar-refractivity contribution < 1.29 is 23.5 Å². The predicted octanol–water partition coefficient (Wildman–Crippen LogP) is 3.37. The minimum atomic E-state index is -0.474. The lowest BCUT2D eigenvalue weighted by molar-refractivity contribution is -0.00283. The van der Waals surface area contributed by atoms with Crippen LogP contribution in [-0.2, 0) is 11.3 Å². The summed E-state index contributed by atoms with van der Waals surface area (Å²) in [7, 11) is 1.47. The number of nitrogens with zero attached hydrogens (tertiary/aromatic N) is 3. The Kier molecular flexibility index (Phi) is 5.77. The second-order valence-electron chi connectivity index (χ2n) is 8.97. The first-order chi connectivity index (χ1) is 15.2. The molecule has 4 rings (SSSR count). The van der Waals surface area contributed by atoms with Crippen molar-refractivity contribution in [2.75, 3.05) is 20.2 Å². The number of halogens is 1. The summed E-state index contributed by atoms with van der Waals surface area (Å²) < 4.78 is 25.5. The van der Waals surface area contributed by atoms with Gasteiger partial charge in [0, 0.05) is 35.8 Å². The average Bonchev–Trinajstić information content (AvgIpc) is 3.30. The number of hydrazine groups is 1. The van der Waals surface area contributed by atoms with Gasteiger partial charge < -0.3 is 14.8 Å². The molecule has 0 radical (unpaired) electrons. The zero-order valence-corrected chi connectivity index (χ0v) is 18.6. The van der Waals surface area contributed by atoms with Crippen LogP contribution in [0.15, 0.2) is 30.5 Å². The van der Waals surface area contributed by atoms with Crippen LogP contribution in [0.1, 0.15) is 43.1 Å². The van der Waals surface area contributed by atoms with Crippen molar-refractivity contribution in [2.24, 2.45) is 0 Å². The number of hydrogen-bond acceptors (Lipinski definition) is 6. The maximum absolute atomic E-state index is 14.7. The number of methoxy groups -OCH3 is 1. The van der Waals surface area contributed by atoms with E-state index in [1.54, 1.807) is 23.2 Å². The third-order valence-corrected chi connectivity index (χ3v) is 5.48. The lowest BCUT2D eigenvalue weighted by Crippen LogP contribution is -2.44. The van der Waals surface area contributed by atoms with Gasteiger partial charge in [-0.15, -0.1) is 0 Å². The van der Waals surface area contributed by atoms with E-state index in [0.717, 1.165) is 0 Å². The summed E-state index contributed by atoms with van der Waals surface area (Å²) in [4.78, 5) is 29.6. The molecule has 8 nitrogen and oxygen atoms in total. The van der Waals surface area contributed by atoms with Gasteiger partial charge in [-0.05, 0) is 39.0 Å². The van der Waals surface area contributed by atoms with E-state index in [1.165, 1.54) is 19.4 Å². The van der Waals surface area contributed by atoms with Gasteiger partial charge in [0.1, 0.15) is 17.7 Å². The van der Waals surface area contributed by atoms with Gasteiger partial charge in [0.05, 0.1) is 31.5 Å². The number of pyridine rings is 1. The van der Waals surface area contributed by atoms with Crippen molar-refractivity contribution in [1.82, 2.24) is 20.3 Å². The monoisotopic (exact) mass is 442 g/mol. The van der Waals surface area contributed by atoms with Crippen LogP contribution in [0.5, 0.6) is 5.75 Å². The fraction of sp³-hybridized carbons (Fsp3) is 0.435. The summed E-state index contributed by atoms with van der Waals surface area (Å²) in [5.74, 6) is -0.286. The van der Waals surface area contributed by atoms with Crippen molar-refractivity contribution in [3.63, 3.8) is 0 Å². The van der Waals surface area contributed by atoms with Crippen LogP contribution in [0.2, 0.25) is 0 Å². The highest BCUT2D eigenvalue weighted by atomic mass is 19.1. The lowest BCUT2D eigenvalue weighted by atomic mass is 10.0. The van der Waals surface area contributed by atoms with E-state index in [2.05, 4.69) is 10.3 Å². The highest BCUT2D eigenvalue weighted by Crippen LogP contribution is 2.38. The molecule has 0 bridgehead atoms. The molecule has 2 aliphatic heterocycles. The van der Waals surface area contributed by atoms with Crippen molar-refractivity contribution in [3.8, 4) is 17.0 Å².